The van der Waals surface area contributed by atoms with Crippen LogP contribution in [0.15, 0.2) is 129 Å². The van der Waals surface area contributed by atoms with Crippen LogP contribution < -0.4 is 16.0 Å². The fraction of sp³-hybridized carbons (Fsp3) is 0.288. The van der Waals surface area contributed by atoms with E-state index in [4.69, 9.17) is 52.7 Å². The van der Waals surface area contributed by atoms with Crippen molar-refractivity contribution >= 4 is 68.8 Å². The molecule has 0 bridgehead atoms. The Morgan fingerprint density at radius 1 is 0.573 bits per heavy atom. The van der Waals surface area contributed by atoms with Gasteiger partial charge in [0.2, 0.25) is 0 Å². The zero-order valence-corrected chi connectivity index (χ0v) is 49.9. The van der Waals surface area contributed by atoms with Gasteiger partial charge in [-0.15, -0.1) is 34.0 Å². The molecular weight excluding hydrogens is 1200 g/mol. The number of aromatic amines is 3. The highest BCUT2D eigenvalue weighted by Gasteiger charge is 2.37. The zero-order valence-electron chi connectivity index (χ0n) is 47.4. The number of nitrogens with one attached hydrogen (secondary N) is 6. The van der Waals surface area contributed by atoms with Gasteiger partial charge in [0.05, 0.1) is 105 Å². The molecule has 1 aliphatic heterocycles. The first-order valence-electron chi connectivity index (χ1n) is 28.7. The number of thiazole rings is 3. The van der Waals surface area contributed by atoms with E-state index < -0.39 is 17.7 Å². The molecule has 1 saturated heterocycles. The number of aromatic nitrogens is 15. The minimum absolute atomic E-state index is 0.0110. The minimum Gasteiger partial charge on any atom is -0.451 e. The van der Waals surface area contributed by atoms with Gasteiger partial charge in [-0.2, -0.15) is 30.6 Å². The molecular formula is C59H54N18O9S3. The first-order chi connectivity index (χ1) is 43.5. The van der Waals surface area contributed by atoms with Crippen LogP contribution in [-0.4, -0.2) is 118 Å². The second-order valence-electron chi connectivity index (χ2n) is 21.8. The van der Waals surface area contributed by atoms with Crippen LogP contribution in [0.25, 0.3) is 66.1 Å². The molecule has 15 rings (SSSR count). The summed E-state index contributed by atoms with van der Waals surface area (Å²) in [5, 5.41) is 50.0. The van der Waals surface area contributed by atoms with Crippen LogP contribution >= 0.6 is 34.0 Å². The summed E-state index contributed by atoms with van der Waals surface area (Å²) in [6.07, 6.45) is 22.4. The summed E-state index contributed by atoms with van der Waals surface area (Å²) in [6, 6.07) is 10.1. The van der Waals surface area contributed by atoms with Gasteiger partial charge in [0, 0.05) is 73.5 Å². The Labute approximate surface area is 516 Å². The molecule has 3 aliphatic rings. The summed E-state index contributed by atoms with van der Waals surface area (Å²) < 4.78 is 42.3. The molecule has 12 aromatic heterocycles. The monoisotopic (exact) mass is 1250 g/mol. The Bertz CT molecular complexity index is 4410. The van der Waals surface area contributed by atoms with E-state index in [0.717, 1.165) is 34.5 Å². The van der Waals surface area contributed by atoms with Gasteiger partial charge in [-0.1, -0.05) is 0 Å². The van der Waals surface area contributed by atoms with Gasteiger partial charge in [-0.3, -0.25) is 43.7 Å². The van der Waals surface area contributed by atoms with Gasteiger partial charge >= 0.3 is 0 Å². The lowest BCUT2D eigenvalue weighted by molar-refractivity contribution is -0.0698. The Kier molecular flexibility index (Phi) is 14.9. The number of hydrogen-bond donors (Lipinski definition) is 6. The predicted molar refractivity (Wildman–Crippen MR) is 325 cm³/mol. The van der Waals surface area contributed by atoms with E-state index in [0.29, 0.717) is 111 Å². The highest BCUT2D eigenvalue weighted by atomic mass is 32.1. The number of nitrogens with zero attached hydrogens (tertiary/aromatic N) is 12. The number of ether oxygens (including phenoxy) is 3. The fourth-order valence-corrected chi connectivity index (χ4v) is 13.4. The zero-order chi connectivity index (χ0) is 60.1. The normalized spacial score (nSPS) is 18.4. The van der Waals surface area contributed by atoms with Crippen LogP contribution in [0.5, 0.6) is 0 Å². The largest absolute Gasteiger partial charge is 0.451 e. The molecule has 13 heterocycles. The maximum absolute atomic E-state index is 13.9. The number of H-pyrrole nitrogens is 3. The standard InChI is InChI=1S/C59H54N18O9S3/c1-30(82-38-15-36(16-38)76-27-40(51(72-76)57-60-11-14-87-57)68-54(78)47-6-3-44(84-47)32-19-62-63-20-32)43-29-88-59(71-43)53-42(70-56(80)49-8-5-46(86-49)34-23-66-67-24-34)28-77(74-53)37-17-39(18-37)83-31(2)50-25-61-58(89-50)52-41(26-75(73-52)35-9-12-81-13-10-35)69-55(79)48-7-4-45(85-48)33-21-64-65-22-33/h3-8,11,14,19-31,35-39H,9-10,12-13,15-18H2,1-2H3,(H,62,63)(H,64,65)(H,66,67)(H,68,78)(H,69,79)(H,70,80). The van der Waals surface area contributed by atoms with Gasteiger partial charge in [0.1, 0.15) is 49.4 Å². The maximum Gasteiger partial charge on any atom is 0.291 e. The lowest BCUT2D eigenvalue weighted by Gasteiger charge is -2.36. The van der Waals surface area contributed by atoms with E-state index in [2.05, 4.69) is 51.5 Å². The van der Waals surface area contributed by atoms with E-state index in [1.165, 1.54) is 34.0 Å². The second kappa shape index (κ2) is 23.8. The highest BCUT2D eigenvalue weighted by Crippen LogP contribution is 2.44. The average Bonchev–Trinajstić information content (AvgIpc) is 2.08. The van der Waals surface area contributed by atoms with Crippen LogP contribution in [0.1, 0.15) is 125 Å². The fourth-order valence-electron chi connectivity index (χ4n) is 10.9. The third-order valence-electron chi connectivity index (χ3n) is 15.9. The van der Waals surface area contributed by atoms with E-state index >= 15 is 0 Å². The van der Waals surface area contributed by atoms with Gasteiger partial charge in [-0.25, -0.2) is 15.0 Å². The Hall–Kier alpha value is -9.72. The SMILES string of the molecule is CC(OC1CC(n2cc(NC(=O)c3ccc(-c4cn[nH]c4)o3)c(-c3nccs3)n2)C1)c1csc(-c2nn(C3CC(OC(C)c4cnc(-c5nn(C6CCOCC6)cc5NC(=O)c5ccc(-c6cn[nH]c6)o5)s4)C3)cc2NC(=O)c2ccc(-c3cn[nH]c3)o2)n1. The molecule has 6 N–H and O–H groups in total. The van der Waals surface area contributed by atoms with Crippen molar-refractivity contribution in [1.82, 2.24) is 74.9 Å². The number of hydrogen-bond acceptors (Lipinski definition) is 21. The summed E-state index contributed by atoms with van der Waals surface area (Å²) in [5.41, 5.74) is 5.99. The lowest BCUT2D eigenvalue weighted by atomic mass is 9.89. The number of rotatable bonds is 21. The van der Waals surface area contributed by atoms with Crippen molar-refractivity contribution < 1.29 is 41.8 Å². The van der Waals surface area contributed by atoms with Crippen LogP contribution in [0, 0.1) is 0 Å². The topological polar surface area (TPSA) is 333 Å². The van der Waals surface area contributed by atoms with Crippen molar-refractivity contribution in [3.63, 3.8) is 0 Å². The van der Waals surface area contributed by atoms with Crippen molar-refractivity contribution in [2.45, 2.75) is 94.9 Å². The molecule has 3 fully saturated rings. The Morgan fingerprint density at radius 2 is 1.04 bits per heavy atom. The van der Waals surface area contributed by atoms with Gasteiger partial charge in [-0.05, 0) is 88.8 Å². The summed E-state index contributed by atoms with van der Waals surface area (Å²) >= 11 is 4.30. The predicted octanol–water partition coefficient (Wildman–Crippen LogP) is 11.7. The molecule has 12 aromatic rings. The van der Waals surface area contributed by atoms with Crippen LogP contribution in [0.3, 0.4) is 0 Å². The molecule has 2 aliphatic carbocycles. The van der Waals surface area contributed by atoms with E-state index in [1.807, 2.05) is 57.2 Å². The van der Waals surface area contributed by atoms with Crippen LogP contribution in [0.2, 0.25) is 0 Å². The van der Waals surface area contributed by atoms with Crippen molar-refractivity contribution in [3.05, 3.63) is 143 Å². The van der Waals surface area contributed by atoms with Crippen molar-refractivity contribution in [1.29, 1.82) is 0 Å². The van der Waals surface area contributed by atoms with Gasteiger partial charge < -0.3 is 43.4 Å². The van der Waals surface area contributed by atoms with E-state index in [9.17, 15) is 14.4 Å². The number of anilines is 3. The summed E-state index contributed by atoms with van der Waals surface area (Å²) in [7, 11) is 0. The molecule has 0 spiro atoms. The van der Waals surface area contributed by atoms with Crippen molar-refractivity contribution in [2.75, 3.05) is 29.2 Å². The second-order valence-corrected chi connectivity index (χ2v) is 24.6. The molecule has 2 saturated carbocycles. The van der Waals surface area contributed by atoms with E-state index in [-0.39, 0.29) is 59.8 Å². The lowest BCUT2D eigenvalue weighted by Crippen LogP contribution is -2.34. The van der Waals surface area contributed by atoms with Crippen molar-refractivity contribution in [3.8, 4) is 66.1 Å². The molecule has 2 atom stereocenters. The number of furan rings is 3. The van der Waals surface area contributed by atoms with Crippen molar-refractivity contribution in [2.24, 2.45) is 0 Å². The molecule has 3 amide bonds. The summed E-state index contributed by atoms with van der Waals surface area (Å²) in [5.74, 6) is 0.644. The summed E-state index contributed by atoms with van der Waals surface area (Å²) in [4.78, 5) is 56.2. The third-order valence-corrected chi connectivity index (χ3v) is 18.7. The smallest absolute Gasteiger partial charge is 0.291 e. The Morgan fingerprint density at radius 3 is 1.52 bits per heavy atom. The molecule has 0 aromatic carbocycles. The molecule has 30 heteroatoms. The van der Waals surface area contributed by atoms with Crippen LogP contribution in [0.4, 0.5) is 17.1 Å². The average molecular weight is 1260 g/mol. The number of carbonyl (C=O) groups excluding carboxylic acids is 3. The summed E-state index contributed by atoms with van der Waals surface area (Å²) in [6.45, 7) is 5.22. The first kappa shape index (κ1) is 55.8. The van der Waals surface area contributed by atoms with Gasteiger partial charge in [0.25, 0.3) is 17.7 Å². The molecule has 0 radical (unpaired) electrons. The maximum atomic E-state index is 13.9. The highest BCUT2D eigenvalue weighted by molar-refractivity contribution is 7.15. The quantitative estimate of drug-likeness (QED) is 0.0389. The number of amides is 3. The molecule has 2 unspecified atom stereocenters. The van der Waals surface area contributed by atoms with Crippen LogP contribution in [-0.2, 0) is 14.2 Å². The van der Waals surface area contributed by atoms with E-state index in [1.54, 1.807) is 86.0 Å². The molecule has 89 heavy (non-hydrogen) atoms. The number of carbonyl (C=O) groups is 3. The third kappa shape index (κ3) is 11.5. The molecule has 27 nitrogen and oxygen atoms in total. The minimum atomic E-state index is -0.452. The Balaban J connectivity index is 0.609. The van der Waals surface area contributed by atoms with Gasteiger partial charge in [0.15, 0.2) is 17.3 Å². The molecule has 452 valence electrons. The first-order valence-corrected chi connectivity index (χ1v) is 31.3.